The zero-order chi connectivity index (χ0) is 15.8. The maximum atomic E-state index is 12.5. The van der Waals surface area contributed by atoms with E-state index in [-0.39, 0.29) is 5.92 Å². The van der Waals surface area contributed by atoms with Gasteiger partial charge in [0.2, 0.25) is 5.91 Å². The van der Waals surface area contributed by atoms with Crippen LogP contribution < -0.4 is 9.64 Å². The van der Waals surface area contributed by atoms with Crippen molar-refractivity contribution in [2.75, 3.05) is 49.7 Å². The molecule has 1 aromatic carbocycles. The van der Waals surface area contributed by atoms with Crippen molar-refractivity contribution in [3.8, 4) is 5.75 Å². The predicted molar refractivity (Wildman–Crippen MR) is 95.8 cm³/mol. The molecule has 2 fully saturated rings. The van der Waals surface area contributed by atoms with Gasteiger partial charge in [-0.05, 0) is 18.2 Å². The number of rotatable bonds is 3. The number of ether oxygens (including phenoxy) is 1. The number of methoxy groups -OCH3 is 1. The molecule has 1 aromatic heterocycles. The quantitative estimate of drug-likeness (QED) is 0.851. The lowest BCUT2D eigenvalue weighted by Crippen LogP contribution is -2.55. The third-order valence-electron chi connectivity index (χ3n) is 4.41. The number of hydrogen-bond donors (Lipinski definition) is 0. The van der Waals surface area contributed by atoms with Crippen LogP contribution in [0.15, 0.2) is 18.2 Å². The first kappa shape index (κ1) is 15.1. The Morgan fingerprint density at radius 2 is 2.09 bits per heavy atom. The number of thiazole rings is 1. The van der Waals surface area contributed by atoms with E-state index in [1.54, 1.807) is 18.4 Å². The van der Waals surface area contributed by atoms with Crippen LogP contribution in [0.5, 0.6) is 5.75 Å². The molecule has 3 heterocycles. The maximum Gasteiger partial charge on any atom is 0.229 e. The Hall–Kier alpha value is -1.47. The van der Waals surface area contributed by atoms with Gasteiger partial charge in [0, 0.05) is 37.7 Å². The number of thioether (sulfide) groups is 1. The summed E-state index contributed by atoms with van der Waals surface area (Å²) >= 11 is 3.60. The van der Waals surface area contributed by atoms with Gasteiger partial charge in [-0.2, -0.15) is 11.8 Å². The second-order valence-corrected chi connectivity index (χ2v) is 8.10. The number of fused-ring (bicyclic) bond motifs is 1. The van der Waals surface area contributed by atoms with Gasteiger partial charge in [0.05, 0.1) is 23.2 Å². The van der Waals surface area contributed by atoms with E-state index in [4.69, 9.17) is 4.74 Å². The first-order chi connectivity index (χ1) is 11.2. The summed E-state index contributed by atoms with van der Waals surface area (Å²) in [7, 11) is 1.67. The largest absolute Gasteiger partial charge is 0.497 e. The minimum Gasteiger partial charge on any atom is -0.497 e. The number of anilines is 1. The molecular formula is C16H19N3O2S2. The first-order valence-corrected chi connectivity index (χ1v) is 9.78. The van der Waals surface area contributed by atoms with Gasteiger partial charge in [0.15, 0.2) is 5.13 Å². The van der Waals surface area contributed by atoms with Crippen LogP contribution in [-0.4, -0.2) is 60.6 Å². The van der Waals surface area contributed by atoms with Crippen LogP contribution in [0.25, 0.3) is 10.2 Å². The molecule has 2 saturated heterocycles. The van der Waals surface area contributed by atoms with Crippen LogP contribution in [0.4, 0.5) is 5.13 Å². The minimum absolute atomic E-state index is 0.139. The smallest absolute Gasteiger partial charge is 0.229 e. The van der Waals surface area contributed by atoms with E-state index in [1.165, 1.54) is 0 Å². The van der Waals surface area contributed by atoms with Crippen molar-refractivity contribution in [1.29, 1.82) is 0 Å². The molecule has 0 aliphatic carbocycles. The van der Waals surface area contributed by atoms with Crippen molar-refractivity contribution in [3.63, 3.8) is 0 Å². The Kier molecular flexibility index (Phi) is 4.07. The van der Waals surface area contributed by atoms with Crippen molar-refractivity contribution in [3.05, 3.63) is 18.2 Å². The fraction of sp³-hybridized carbons (Fsp3) is 0.500. The molecule has 0 radical (unpaired) electrons. The summed E-state index contributed by atoms with van der Waals surface area (Å²) in [6, 6.07) is 5.94. The van der Waals surface area contributed by atoms with Crippen LogP contribution >= 0.6 is 23.1 Å². The summed E-state index contributed by atoms with van der Waals surface area (Å²) in [5.74, 6) is 3.46. The number of benzene rings is 1. The molecule has 0 saturated carbocycles. The molecule has 0 N–H and O–H groups in total. The van der Waals surface area contributed by atoms with Crippen LogP contribution in [0.3, 0.4) is 0 Å². The molecule has 23 heavy (non-hydrogen) atoms. The van der Waals surface area contributed by atoms with E-state index < -0.39 is 0 Å². The molecule has 1 amide bonds. The molecule has 5 nitrogen and oxygen atoms in total. The van der Waals surface area contributed by atoms with Gasteiger partial charge in [-0.1, -0.05) is 11.3 Å². The molecule has 7 heteroatoms. The van der Waals surface area contributed by atoms with E-state index in [0.29, 0.717) is 5.91 Å². The SMILES string of the molecule is COc1ccc2nc(N3CC(C(=O)N4CCSCC4)C3)sc2c1. The number of nitrogens with zero attached hydrogens (tertiary/aromatic N) is 3. The molecular weight excluding hydrogens is 330 g/mol. The molecule has 0 unspecified atom stereocenters. The Bertz CT molecular complexity index is 721. The molecule has 2 aromatic rings. The molecule has 122 valence electrons. The fourth-order valence-corrected chi connectivity index (χ4v) is 4.90. The highest BCUT2D eigenvalue weighted by atomic mass is 32.2. The summed E-state index contributed by atoms with van der Waals surface area (Å²) in [5.41, 5.74) is 0.994. The molecule has 4 rings (SSSR count). The third kappa shape index (κ3) is 2.87. The predicted octanol–water partition coefficient (Wildman–Crippen LogP) is 2.32. The molecule has 0 bridgehead atoms. The van der Waals surface area contributed by atoms with E-state index in [1.807, 2.05) is 34.9 Å². The van der Waals surface area contributed by atoms with Crippen molar-refractivity contribution < 1.29 is 9.53 Å². The maximum absolute atomic E-state index is 12.5. The fourth-order valence-electron chi connectivity index (χ4n) is 2.99. The highest BCUT2D eigenvalue weighted by Gasteiger charge is 2.37. The zero-order valence-corrected chi connectivity index (χ0v) is 14.7. The van der Waals surface area contributed by atoms with Gasteiger partial charge in [0.1, 0.15) is 5.75 Å². The standard InChI is InChI=1S/C16H19N3O2S2/c1-21-12-2-3-13-14(8-12)23-16(17-13)19-9-11(10-19)15(20)18-4-6-22-7-5-18/h2-3,8,11H,4-7,9-10H2,1H3. The Balaban J connectivity index is 1.42. The Labute approximate surface area is 143 Å². The lowest BCUT2D eigenvalue weighted by atomic mass is 9.99. The Morgan fingerprint density at radius 1 is 1.30 bits per heavy atom. The molecule has 0 atom stereocenters. The summed E-state index contributed by atoms with van der Waals surface area (Å²) in [6.45, 7) is 3.39. The van der Waals surface area contributed by atoms with E-state index >= 15 is 0 Å². The molecule has 2 aliphatic heterocycles. The van der Waals surface area contributed by atoms with Gasteiger partial charge in [0.25, 0.3) is 0 Å². The van der Waals surface area contributed by atoms with Crippen molar-refractivity contribution in [1.82, 2.24) is 9.88 Å². The summed E-state index contributed by atoms with van der Waals surface area (Å²) in [4.78, 5) is 21.4. The van der Waals surface area contributed by atoms with Gasteiger partial charge < -0.3 is 14.5 Å². The second-order valence-electron chi connectivity index (χ2n) is 5.87. The van der Waals surface area contributed by atoms with Gasteiger partial charge in [-0.3, -0.25) is 4.79 Å². The highest BCUT2D eigenvalue weighted by molar-refractivity contribution is 7.99. The summed E-state index contributed by atoms with van der Waals surface area (Å²) in [5, 5.41) is 1.01. The number of carbonyl (C=O) groups excluding carboxylic acids is 1. The molecule has 2 aliphatic rings. The number of aromatic nitrogens is 1. The van der Waals surface area contributed by atoms with Crippen LogP contribution in [0.2, 0.25) is 0 Å². The average Bonchev–Trinajstić information content (AvgIpc) is 2.96. The lowest BCUT2D eigenvalue weighted by Gasteiger charge is -2.41. The number of hydrogen-bond acceptors (Lipinski definition) is 6. The van der Waals surface area contributed by atoms with Gasteiger partial charge >= 0.3 is 0 Å². The minimum atomic E-state index is 0.139. The number of carbonyl (C=O) groups is 1. The van der Waals surface area contributed by atoms with Gasteiger partial charge in [-0.25, -0.2) is 4.98 Å². The summed E-state index contributed by atoms with van der Waals surface area (Å²) < 4.78 is 6.39. The Morgan fingerprint density at radius 3 is 2.83 bits per heavy atom. The highest BCUT2D eigenvalue weighted by Crippen LogP contribution is 2.35. The normalized spacial score (nSPS) is 19.0. The van der Waals surface area contributed by atoms with E-state index in [9.17, 15) is 4.79 Å². The monoisotopic (exact) mass is 349 g/mol. The van der Waals surface area contributed by atoms with Crippen molar-refractivity contribution >= 4 is 44.4 Å². The van der Waals surface area contributed by atoms with Gasteiger partial charge in [-0.15, -0.1) is 0 Å². The van der Waals surface area contributed by atoms with Crippen molar-refractivity contribution in [2.24, 2.45) is 5.92 Å². The van der Waals surface area contributed by atoms with E-state index in [0.717, 1.165) is 58.8 Å². The number of amides is 1. The zero-order valence-electron chi connectivity index (χ0n) is 13.0. The topological polar surface area (TPSA) is 45.7 Å². The average molecular weight is 349 g/mol. The second kappa shape index (κ2) is 6.20. The van der Waals surface area contributed by atoms with E-state index in [2.05, 4.69) is 9.88 Å². The molecule has 0 spiro atoms. The lowest BCUT2D eigenvalue weighted by molar-refractivity contribution is -0.135. The summed E-state index contributed by atoms with van der Waals surface area (Å²) in [6.07, 6.45) is 0. The van der Waals surface area contributed by atoms with Crippen molar-refractivity contribution in [2.45, 2.75) is 0 Å². The third-order valence-corrected chi connectivity index (χ3v) is 6.43. The van der Waals surface area contributed by atoms with Crippen LogP contribution in [0, 0.1) is 5.92 Å². The van der Waals surface area contributed by atoms with Crippen LogP contribution in [0.1, 0.15) is 0 Å². The first-order valence-electron chi connectivity index (χ1n) is 7.80. The van der Waals surface area contributed by atoms with Crippen LogP contribution in [-0.2, 0) is 4.79 Å².